The zero-order valence-corrected chi connectivity index (χ0v) is 17.8. The Balaban J connectivity index is 2.29. The standard InChI is InChI=1S/C19H24N6O3S/c1-10(2)25-17-14(24(18(25)28)9-12(26)23-19(3,4)5)13(15(20)27)21-16(22-17)11-7-6-8-29-11/h6-8,10H,9H2,1-5H3,(H2,20,27)(H,23,26). The van der Waals surface area contributed by atoms with E-state index in [1.54, 1.807) is 0 Å². The summed E-state index contributed by atoms with van der Waals surface area (Å²) < 4.78 is 2.67. The number of hydrogen-bond donors (Lipinski definition) is 2. The zero-order valence-electron chi connectivity index (χ0n) is 17.0. The molecule has 9 nitrogen and oxygen atoms in total. The minimum Gasteiger partial charge on any atom is -0.364 e. The van der Waals surface area contributed by atoms with Crippen LogP contribution >= 0.6 is 11.3 Å². The number of amides is 2. The predicted octanol–water partition coefficient (Wildman–Crippen LogP) is 1.92. The van der Waals surface area contributed by atoms with Gasteiger partial charge in [-0.15, -0.1) is 11.3 Å². The van der Waals surface area contributed by atoms with Crippen LogP contribution in [0.25, 0.3) is 21.9 Å². The van der Waals surface area contributed by atoms with Gasteiger partial charge in [0.25, 0.3) is 5.91 Å². The molecular weight excluding hydrogens is 392 g/mol. The molecule has 0 aliphatic heterocycles. The second-order valence-electron chi connectivity index (χ2n) is 8.04. The molecule has 0 saturated carbocycles. The average molecular weight is 417 g/mol. The fraction of sp³-hybridized carbons (Fsp3) is 0.421. The maximum atomic E-state index is 13.1. The summed E-state index contributed by atoms with van der Waals surface area (Å²) in [5.74, 6) is -0.840. The van der Waals surface area contributed by atoms with Gasteiger partial charge in [0, 0.05) is 11.6 Å². The third-order valence-electron chi connectivity index (χ3n) is 4.11. The SMILES string of the molecule is CC(C)n1c(=O)n(CC(=O)NC(C)(C)C)c2c(C(N)=O)nc(-c3cccs3)nc21. The van der Waals surface area contributed by atoms with Gasteiger partial charge in [0.2, 0.25) is 5.91 Å². The molecule has 3 heterocycles. The van der Waals surface area contributed by atoms with Crippen LogP contribution in [-0.2, 0) is 11.3 Å². The van der Waals surface area contributed by atoms with E-state index in [-0.39, 0.29) is 35.4 Å². The second kappa shape index (κ2) is 7.43. The van der Waals surface area contributed by atoms with Crippen LogP contribution in [-0.4, -0.2) is 36.5 Å². The Bertz CT molecular complexity index is 1140. The van der Waals surface area contributed by atoms with Gasteiger partial charge in [-0.05, 0) is 46.1 Å². The monoisotopic (exact) mass is 416 g/mol. The summed E-state index contributed by atoms with van der Waals surface area (Å²) >= 11 is 1.41. The highest BCUT2D eigenvalue weighted by atomic mass is 32.1. The molecule has 0 aliphatic carbocycles. The molecule has 29 heavy (non-hydrogen) atoms. The van der Waals surface area contributed by atoms with Gasteiger partial charge in [0.1, 0.15) is 12.1 Å². The van der Waals surface area contributed by atoms with Crippen LogP contribution < -0.4 is 16.7 Å². The van der Waals surface area contributed by atoms with E-state index in [1.807, 2.05) is 52.1 Å². The van der Waals surface area contributed by atoms with Crippen LogP contribution in [0.15, 0.2) is 22.3 Å². The Morgan fingerprint density at radius 1 is 1.28 bits per heavy atom. The lowest BCUT2D eigenvalue weighted by atomic mass is 10.1. The smallest absolute Gasteiger partial charge is 0.331 e. The molecule has 0 spiro atoms. The lowest BCUT2D eigenvalue weighted by molar-refractivity contribution is -0.123. The number of carbonyl (C=O) groups is 2. The molecule has 0 atom stereocenters. The molecule has 10 heteroatoms. The lowest BCUT2D eigenvalue weighted by Gasteiger charge is -2.20. The summed E-state index contributed by atoms with van der Waals surface area (Å²) in [6.07, 6.45) is 0. The molecule has 3 aromatic rings. The molecule has 0 aliphatic rings. The van der Waals surface area contributed by atoms with Gasteiger partial charge < -0.3 is 11.1 Å². The summed E-state index contributed by atoms with van der Waals surface area (Å²) in [4.78, 5) is 47.5. The van der Waals surface area contributed by atoms with Gasteiger partial charge in [-0.2, -0.15) is 0 Å². The molecule has 0 radical (unpaired) electrons. The Morgan fingerprint density at radius 3 is 2.48 bits per heavy atom. The summed E-state index contributed by atoms with van der Waals surface area (Å²) in [6.45, 7) is 8.92. The number of fused-ring (bicyclic) bond motifs is 1. The molecule has 2 amide bonds. The highest BCUT2D eigenvalue weighted by Crippen LogP contribution is 2.26. The molecule has 0 aromatic carbocycles. The second-order valence-corrected chi connectivity index (χ2v) is 8.99. The lowest BCUT2D eigenvalue weighted by Crippen LogP contribution is -2.43. The van der Waals surface area contributed by atoms with Crippen LogP contribution in [0.3, 0.4) is 0 Å². The van der Waals surface area contributed by atoms with Crippen molar-refractivity contribution >= 4 is 34.3 Å². The first kappa shape index (κ1) is 20.7. The largest absolute Gasteiger partial charge is 0.364 e. The van der Waals surface area contributed by atoms with Gasteiger partial charge in [-0.1, -0.05) is 6.07 Å². The van der Waals surface area contributed by atoms with Crippen molar-refractivity contribution in [3.8, 4) is 10.7 Å². The van der Waals surface area contributed by atoms with Crippen molar-refractivity contribution in [1.29, 1.82) is 0 Å². The van der Waals surface area contributed by atoms with Crippen LogP contribution in [0.1, 0.15) is 51.1 Å². The third kappa shape index (κ3) is 4.07. The van der Waals surface area contributed by atoms with E-state index in [2.05, 4.69) is 15.3 Å². The predicted molar refractivity (Wildman–Crippen MR) is 112 cm³/mol. The van der Waals surface area contributed by atoms with E-state index in [0.29, 0.717) is 5.82 Å². The number of thiophene rings is 1. The molecule has 154 valence electrons. The number of carbonyl (C=O) groups excluding carboxylic acids is 2. The highest BCUT2D eigenvalue weighted by molar-refractivity contribution is 7.13. The van der Waals surface area contributed by atoms with Crippen LogP contribution in [0.4, 0.5) is 0 Å². The zero-order chi connectivity index (χ0) is 21.5. The van der Waals surface area contributed by atoms with Gasteiger partial charge in [0.05, 0.1) is 4.88 Å². The van der Waals surface area contributed by atoms with E-state index in [1.165, 1.54) is 20.5 Å². The number of nitrogens with zero attached hydrogens (tertiary/aromatic N) is 4. The van der Waals surface area contributed by atoms with Crippen molar-refractivity contribution < 1.29 is 9.59 Å². The Hall–Kier alpha value is -3.01. The van der Waals surface area contributed by atoms with E-state index in [4.69, 9.17) is 5.73 Å². The molecule has 0 saturated heterocycles. The highest BCUT2D eigenvalue weighted by Gasteiger charge is 2.26. The maximum Gasteiger partial charge on any atom is 0.331 e. The number of nitrogens with one attached hydrogen (secondary N) is 1. The number of imidazole rings is 1. The summed E-state index contributed by atoms with van der Waals surface area (Å²) in [6, 6.07) is 3.42. The fourth-order valence-electron chi connectivity index (χ4n) is 3.08. The number of hydrogen-bond acceptors (Lipinski definition) is 6. The minimum absolute atomic E-state index is 0.0848. The fourth-order valence-corrected chi connectivity index (χ4v) is 3.73. The van der Waals surface area contributed by atoms with Crippen molar-refractivity contribution in [2.75, 3.05) is 0 Å². The Labute approximate surface area is 171 Å². The number of rotatable bonds is 5. The van der Waals surface area contributed by atoms with E-state index >= 15 is 0 Å². The van der Waals surface area contributed by atoms with Crippen LogP contribution in [0.5, 0.6) is 0 Å². The molecule has 3 N–H and O–H groups in total. The Morgan fingerprint density at radius 2 is 1.97 bits per heavy atom. The van der Waals surface area contributed by atoms with E-state index < -0.39 is 17.1 Å². The third-order valence-corrected chi connectivity index (χ3v) is 4.97. The quantitative estimate of drug-likeness (QED) is 0.657. The van der Waals surface area contributed by atoms with Crippen molar-refractivity contribution in [2.24, 2.45) is 5.73 Å². The van der Waals surface area contributed by atoms with Crippen molar-refractivity contribution in [3.05, 3.63) is 33.7 Å². The van der Waals surface area contributed by atoms with Crippen molar-refractivity contribution in [1.82, 2.24) is 24.4 Å². The normalized spacial score (nSPS) is 11.9. The van der Waals surface area contributed by atoms with Gasteiger partial charge in [0.15, 0.2) is 17.2 Å². The topological polar surface area (TPSA) is 125 Å². The van der Waals surface area contributed by atoms with Gasteiger partial charge >= 0.3 is 5.69 Å². The first-order chi connectivity index (χ1) is 13.5. The first-order valence-corrected chi connectivity index (χ1v) is 10.0. The number of nitrogens with two attached hydrogens (primary N) is 1. The molecule has 0 bridgehead atoms. The summed E-state index contributed by atoms with van der Waals surface area (Å²) in [5, 5.41) is 4.68. The van der Waals surface area contributed by atoms with E-state index in [0.717, 1.165) is 4.88 Å². The number of aromatic nitrogens is 4. The van der Waals surface area contributed by atoms with Gasteiger partial charge in [-0.3, -0.25) is 18.7 Å². The van der Waals surface area contributed by atoms with Crippen molar-refractivity contribution in [2.45, 2.75) is 52.7 Å². The molecule has 3 rings (SSSR count). The first-order valence-electron chi connectivity index (χ1n) is 9.17. The van der Waals surface area contributed by atoms with Crippen LogP contribution in [0, 0.1) is 0 Å². The molecule has 0 fully saturated rings. The summed E-state index contributed by atoms with van der Waals surface area (Å²) in [5.41, 5.74) is 5.04. The summed E-state index contributed by atoms with van der Waals surface area (Å²) in [7, 11) is 0. The average Bonchev–Trinajstić information content (AvgIpc) is 3.19. The molecule has 3 aromatic heterocycles. The van der Waals surface area contributed by atoms with E-state index in [9.17, 15) is 14.4 Å². The van der Waals surface area contributed by atoms with Crippen molar-refractivity contribution in [3.63, 3.8) is 0 Å². The van der Waals surface area contributed by atoms with Crippen LogP contribution in [0.2, 0.25) is 0 Å². The number of primary amides is 1. The molecule has 0 unspecified atom stereocenters. The Kier molecular flexibility index (Phi) is 5.31. The maximum absolute atomic E-state index is 13.1. The minimum atomic E-state index is -0.791. The van der Waals surface area contributed by atoms with Gasteiger partial charge in [-0.25, -0.2) is 14.8 Å². The molecular formula is C19H24N6O3S.